The highest BCUT2D eigenvalue weighted by atomic mass is 32.2. The first kappa shape index (κ1) is 15.7. The van der Waals surface area contributed by atoms with E-state index in [2.05, 4.69) is 29.9 Å². The maximum Gasteiger partial charge on any atom is 0.237 e. The maximum atomic E-state index is 5.37. The molecule has 0 unspecified atom stereocenters. The van der Waals surface area contributed by atoms with Crippen LogP contribution in [-0.2, 0) is 5.75 Å². The Morgan fingerprint density at radius 1 is 1.23 bits per heavy atom. The van der Waals surface area contributed by atoms with E-state index < -0.39 is 0 Å². The van der Waals surface area contributed by atoms with Gasteiger partial charge < -0.3 is 4.52 Å². The van der Waals surface area contributed by atoms with Gasteiger partial charge in [0.1, 0.15) is 0 Å². The normalized spacial score (nSPS) is 14.0. The predicted molar refractivity (Wildman–Crippen MR) is 98.7 cm³/mol. The highest BCUT2D eigenvalue weighted by Crippen LogP contribution is 2.41. The van der Waals surface area contributed by atoms with Crippen molar-refractivity contribution >= 4 is 23.1 Å². The second-order valence-electron chi connectivity index (χ2n) is 5.96. The second-order valence-corrected chi connectivity index (χ2v) is 7.68. The summed E-state index contributed by atoms with van der Waals surface area (Å²) in [5.41, 5.74) is 1.96. The Labute approximate surface area is 157 Å². The van der Waals surface area contributed by atoms with Crippen LogP contribution >= 0.6 is 23.1 Å². The van der Waals surface area contributed by atoms with Gasteiger partial charge in [-0.3, -0.25) is 9.55 Å². The van der Waals surface area contributed by atoms with Gasteiger partial charge in [-0.2, -0.15) is 16.3 Å². The van der Waals surface area contributed by atoms with Gasteiger partial charge in [0.05, 0.1) is 5.75 Å². The van der Waals surface area contributed by atoms with E-state index in [1.54, 1.807) is 29.3 Å². The molecular formula is C17H14N6OS2. The van der Waals surface area contributed by atoms with Crippen molar-refractivity contribution in [1.82, 2.24) is 29.9 Å². The van der Waals surface area contributed by atoms with Crippen molar-refractivity contribution in [2.24, 2.45) is 0 Å². The van der Waals surface area contributed by atoms with Gasteiger partial charge in [-0.25, -0.2) is 0 Å². The molecule has 4 heterocycles. The van der Waals surface area contributed by atoms with Gasteiger partial charge in [-0.15, -0.1) is 10.2 Å². The number of pyridine rings is 1. The van der Waals surface area contributed by atoms with Gasteiger partial charge in [0.25, 0.3) is 0 Å². The smallest absolute Gasteiger partial charge is 0.237 e. The molecule has 1 aliphatic rings. The number of hydrogen-bond donors (Lipinski definition) is 0. The fraction of sp³-hybridized carbons (Fsp3) is 0.235. The number of hydrogen-bond acceptors (Lipinski definition) is 8. The summed E-state index contributed by atoms with van der Waals surface area (Å²) in [6.07, 6.45) is 5.89. The Hall–Kier alpha value is -2.52. The van der Waals surface area contributed by atoms with E-state index in [9.17, 15) is 0 Å². The van der Waals surface area contributed by atoms with Crippen LogP contribution in [0.2, 0.25) is 0 Å². The molecule has 130 valence electrons. The van der Waals surface area contributed by atoms with Gasteiger partial charge in [0.15, 0.2) is 11.0 Å². The average Bonchev–Trinajstić information content (AvgIpc) is 3.10. The molecule has 0 saturated heterocycles. The number of nitrogens with zero attached hydrogens (tertiary/aromatic N) is 6. The third-order valence-corrected chi connectivity index (χ3v) is 5.68. The average molecular weight is 382 g/mol. The van der Waals surface area contributed by atoms with Crippen LogP contribution < -0.4 is 0 Å². The topological polar surface area (TPSA) is 82.5 Å². The van der Waals surface area contributed by atoms with Gasteiger partial charge in [0, 0.05) is 34.9 Å². The quantitative estimate of drug-likeness (QED) is 0.465. The predicted octanol–water partition coefficient (Wildman–Crippen LogP) is 4.08. The molecular weight excluding hydrogens is 368 g/mol. The SMILES string of the molecule is c1cncc(-c2nnc(SCc3nc(-c4ccsc4)no3)n2C2CC2)c1. The van der Waals surface area contributed by atoms with Gasteiger partial charge in [-0.1, -0.05) is 16.9 Å². The molecule has 26 heavy (non-hydrogen) atoms. The molecule has 0 N–H and O–H groups in total. The Morgan fingerprint density at radius 3 is 2.96 bits per heavy atom. The molecule has 0 radical (unpaired) electrons. The minimum Gasteiger partial charge on any atom is -0.338 e. The Balaban J connectivity index is 1.37. The lowest BCUT2D eigenvalue weighted by molar-refractivity contribution is 0.391. The first-order valence-electron chi connectivity index (χ1n) is 8.22. The van der Waals surface area contributed by atoms with Gasteiger partial charge in [-0.05, 0) is 36.4 Å². The van der Waals surface area contributed by atoms with Crippen molar-refractivity contribution in [1.29, 1.82) is 0 Å². The first-order chi connectivity index (χ1) is 12.9. The largest absolute Gasteiger partial charge is 0.338 e. The summed E-state index contributed by atoms with van der Waals surface area (Å²) in [5, 5.41) is 17.7. The molecule has 9 heteroatoms. The Bertz CT molecular complexity index is 1010. The number of thiophene rings is 1. The zero-order chi connectivity index (χ0) is 17.3. The van der Waals surface area contributed by atoms with E-state index >= 15 is 0 Å². The van der Waals surface area contributed by atoms with Crippen LogP contribution in [0.3, 0.4) is 0 Å². The molecule has 5 rings (SSSR count). The number of rotatable bonds is 6. The summed E-state index contributed by atoms with van der Waals surface area (Å²) in [4.78, 5) is 8.66. The number of thioether (sulfide) groups is 1. The van der Waals surface area contributed by atoms with Crippen LogP contribution in [0.1, 0.15) is 24.8 Å². The van der Waals surface area contributed by atoms with E-state index in [0.29, 0.717) is 23.5 Å². The van der Waals surface area contributed by atoms with Gasteiger partial charge in [0.2, 0.25) is 11.7 Å². The van der Waals surface area contributed by atoms with Crippen molar-refractivity contribution < 1.29 is 4.52 Å². The summed E-state index contributed by atoms with van der Waals surface area (Å²) in [6, 6.07) is 6.37. The van der Waals surface area contributed by atoms with E-state index in [1.807, 2.05) is 35.2 Å². The lowest BCUT2D eigenvalue weighted by Crippen LogP contribution is -2.00. The highest BCUT2D eigenvalue weighted by Gasteiger charge is 2.30. The van der Waals surface area contributed by atoms with E-state index in [4.69, 9.17) is 4.52 Å². The monoisotopic (exact) mass is 382 g/mol. The lowest BCUT2D eigenvalue weighted by Gasteiger charge is -2.07. The van der Waals surface area contributed by atoms with Crippen LogP contribution in [0.25, 0.3) is 22.8 Å². The molecule has 1 saturated carbocycles. The summed E-state index contributed by atoms with van der Waals surface area (Å²) < 4.78 is 7.58. The fourth-order valence-electron chi connectivity index (χ4n) is 2.68. The molecule has 0 bridgehead atoms. The third kappa shape index (κ3) is 3.04. The molecule has 7 nitrogen and oxygen atoms in total. The van der Waals surface area contributed by atoms with Crippen molar-refractivity contribution in [3.63, 3.8) is 0 Å². The third-order valence-electron chi connectivity index (χ3n) is 4.07. The van der Waals surface area contributed by atoms with Crippen molar-refractivity contribution in [2.45, 2.75) is 29.8 Å². The molecule has 4 aromatic heterocycles. The molecule has 0 atom stereocenters. The van der Waals surface area contributed by atoms with E-state index in [0.717, 1.165) is 34.9 Å². The zero-order valence-corrected chi connectivity index (χ0v) is 15.3. The summed E-state index contributed by atoms with van der Waals surface area (Å²) in [6.45, 7) is 0. The van der Waals surface area contributed by atoms with Crippen LogP contribution in [0.15, 0.2) is 51.0 Å². The lowest BCUT2D eigenvalue weighted by atomic mass is 10.3. The van der Waals surface area contributed by atoms with Crippen molar-refractivity contribution in [3.05, 3.63) is 47.2 Å². The first-order valence-corrected chi connectivity index (χ1v) is 10.1. The molecule has 0 spiro atoms. The molecule has 4 aromatic rings. The van der Waals surface area contributed by atoms with Crippen LogP contribution in [-0.4, -0.2) is 29.9 Å². The van der Waals surface area contributed by atoms with Crippen LogP contribution in [0.5, 0.6) is 0 Å². The molecule has 1 fully saturated rings. The van der Waals surface area contributed by atoms with Gasteiger partial charge >= 0.3 is 0 Å². The van der Waals surface area contributed by atoms with Crippen molar-refractivity contribution in [3.8, 4) is 22.8 Å². The summed E-state index contributed by atoms with van der Waals surface area (Å²) >= 11 is 3.18. The number of aromatic nitrogens is 6. The summed E-state index contributed by atoms with van der Waals surface area (Å²) in [7, 11) is 0. The van der Waals surface area contributed by atoms with Crippen molar-refractivity contribution in [2.75, 3.05) is 0 Å². The van der Waals surface area contributed by atoms with E-state index in [1.165, 1.54) is 0 Å². The zero-order valence-electron chi connectivity index (χ0n) is 13.6. The fourth-order valence-corrected chi connectivity index (χ4v) is 4.16. The highest BCUT2D eigenvalue weighted by molar-refractivity contribution is 7.98. The standard InChI is InChI=1S/C17H14N6OS2/c1-2-11(8-18-6-1)16-20-21-17(23(16)13-3-4-13)26-10-14-19-15(22-24-14)12-5-7-25-9-12/h1-2,5-9,13H,3-4,10H2. The minimum absolute atomic E-state index is 0.465. The maximum absolute atomic E-state index is 5.37. The van der Waals surface area contributed by atoms with Crippen LogP contribution in [0.4, 0.5) is 0 Å². The molecule has 0 aromatic carbocycles. The molecule has 0 aliphatic heterocycles. The second kappa shape index (κ2) is 6.65. The Kier molecular flexibility index (Phi) is 4.02. The summed E-state index contributed by atoms with van der Waals surface area (Å²) in [5.74, 6) is 2.65. The molecule has 1 aliphatic carbocycles. The molecule has 0 amide bonds. The van der Waals surface area contributed by atoms with E-state index in [-0.39, 0.29) is 0 Å². The Morgan fingerprint density at radius 2 is 2.19 bits per heavy atom. The minimum atomic E-state index is 0.465. The van der Waals surface area contributed by atoms with Crippen LogP contribution in [0, 0.1) is 0 Å².